The minimum atomic E-state index is -3.68. The molecule has 0 aliphatic heterocycles. The van der Waals surface area contributed by atoms with E-state index in [1.807, 2.05) is 0 Å². The van der Waals surface area contributed by atoms with E-state index in [9.17, 15) is 17.6 Å². The molecule has 7 heteroatoms. The van der Waals surface area contributed by atoms with Crippen LogP contribution >= 0.6 is 0 Å². The molecule has 0 aliphatic rings. The largest absolute Gasteiger partial charge is 0.326 e. The highest BCUT2D eigenvalue weighted by Crippen LogP contribution is 2.15. The third-order valence-corrected chi connectivity index (χ3v) is 4.59. The molecule has 1 amide bonds. The third kappa shape index (κ3) is 4.61. The van der Waals surface area contributed by atoms with Gasteiger partial charge in [0.05, 0.1) is 4.90 Å². The van der Waals surface area contributed by atoms with Gasteiger partial charge in [0.15, 0.2) is 0 Å². The third-order valence-electron chi connectivity index (χ3n) is 3.17. The van der Waals surface area contributed by atoms with Crippen LogP contribution in [0.2, 0.25) is 0 Å². The summed E-state index contributed by atoms with van der Waals surface area (Å²) in [5.41, 5.74) is 1.65. The maximum absolute atomic E-state index is 13.2. The first-order valence-electron chi connectivity index (χ1n) is 6.90. The predicted octanol–water partition coefficient (Wildman–Crippen LogP) is 2.57. The van der Waals surface area contributed by atoms with Crippen LogP contribution < -0.4 is 10.0 Å². The molecule has 122 valence electrons. The van der Waals surface area contributed by atoms with Crippen LogP contribution in [0.5, 0.6) is 0 Å². The van der Waals surface area contributed by atoms with Gasteiger partial charge in [-0.15, -0.1) is 0 Å². The van der Waals surface area contributed by atoms with Crippen molar-refractivity contribution in [3.8, 4) is 0 Å². The molecule has 0 atom stereocenters. The van der Waals surface area contributed by atoms with Gasteiger partial charge in [-0.25, -0.2) is 17.5 Å². The number of hydrogen-bond donors (Lipinski definition) is 2. The second-order valence-corrected chi connectivity index (χ2v) is 6.88. The molecule has 23 heavy (non-hydrogen) atoms. The molecule has 0 spiro atoms. The minimum Gasteiger partial charge on any atom is -0.326 e. The van der Waals surface area contributed by atoms with Crippen molar-refractivity contribution in [2.75, 3.05) is 5.32 Å². The molecule has 0 fully saturated rings. The Hall–Kier alpha value is -2.25. The fraction of sp³-hybridized carbons (Fsp3) is 0.188. The summed E-state index contributed by atoms with van der Waals surface area (Å²) < 4.78 is 40.1. The molecule has 0 aliphatic carbocycles. The first kappa shape index (κ1) is 17.1. The normalized spacial score (nSPS) is 11.3. The van der Waals surface area contributed by atoms with Crippen LogP contribution in [0.4, 0.5) is 10.1 Å². The summed E-state index contributed by atoms with van der Waals surface area (Å²) in [7, 11) is -3.68. The van der Waals surface area contributed by atoms with Gasteiger partial charge in [-0.1, -0.05) is 12.1 Å². The van der Waals surface area contributed by atoms with E-state index in [0.29, 0.717) is 16.8 Å². The number of amides is 1. The predicted molar refractivity (Wildman–Crippen MR) is 85.9 cm³/mol. The number of aryl methyl sites for hydroxylation is 1. The average molecular weight is 336 g/mol. The van der Waals surface area contributed by atoms with Crippen LogP contribution in [-0.4, -0.2) is 14.3 Å². The van der Waals surface area contributed by atoms with Crippen LogP contribution in [0, 0.1) is 12.7 Å². The van der Waals surface area contributed by atoms with Crippen molar-refractivity contribution in [2.45, 2.75) is 25.3 Å². The fourth-order valence-corrected chi connectivity index (χ4v) is 3.02. The summed E-state index contributed by atoms with van der Waals surface area (Å²) >= 11 is 0. The Morgan fingerprint density at radius 3 is 2.35 bits per heavy atom. The summed E-state index contributed by atoms with van der Waals surface area (Å²) in [6.45, 7) is 3.06. The summed E-state index contributed by atoms with van der Waals surface area (Å²) in [6, 6.07) is 10.3. The smallest absolute Gasteiger partial charge is 0.240 e. The molecule has 0 radical (unpaired) electrons. The molecule has 2 aromatic carbocycles. The highest BCUT2D eigenvalue weighted by Gasteiger charge is 2.14. The Morgan fingerprint density at radius 1 is 1.13 bits per heavy atom. The highest BCUT2D eigenvalue weighted by atomic mass is 32.2. The van der Waals surface area contributed by atoms with Gasteiger partial charge >= 0.3 is 0 Å². The van der Waals surface area contributed by atoms with Crippen LogP contribution in [0.15, 0.2) is 47.4 Å². The zero-order chi connectivity index (χ0) is 17.0. The minimum absolute atomic E-state index is 0.0664. The number of nitrogens with one attached hydrogen (secondary N) is 2. The summed E-state index contributed by atoms with van der Waals surface area (Å²) in [6.07, 6.45) is 0. The molecule has 2 N–H and O–H groups in total. The Morgan fingerprint density at radius 2 is 1.78 bits per heavy atom. The van der Waals surface area contributed by atoms with E-state index >= 15 is 0 Å². The van der Waals surface area contributed by atoms with Crippen molar-refractivity contribution in [1.82, 2.24) is 4.72 Å². The maximum Gasteiger partial charge on any atom is 0.240 e. The van der Waals surface area contributed by atoms with E-state index in [1.54, 1.807) is 13.0 Å². The molecule has 0 bridgehead atoms. The molecule has 2 rings (SSSR count). The fourth-order valence-electron chi connectivity index (χ4n) is 2.00. The topological polar surface area (TPSA) is 75.3 Å². The van der Waals surface area contributed by atoms with E-state index in [0.717, 1.165) is 0 Å². The number of sulfonamides is 1. The summed E-state index contributed by atoms with van der Waals surface area (Å²) in [5, 5.41) is 2.56. The van der Waals surface area contributed by atoms with Crippen LogP contribution in [0.3, 0.4) is 0 Å². The van der Waals surface area contributed by atoms with Gasteiger partial charge in [-0.2, -0.15) is 0 Å². The number of benzene rings is 2. The molecule has 0 saturated heterocycles. The number of hydrogen-bond acceptors (Lipinski definition) is 3. The molecular weight excluding hydrogens is 319 g/mol. The van der Waals surface area contributed by atoms with E-state index in [-0.39, 0.29) is 23.2 Å². The van der Waals surface area contributed by atoms with Gasteiger partial charge in [0.25, 0.3) is 0 Å². The van der Waals surface area contributed by atoms with Gasteiger partial charge in [-0.05, 0) is 48.4 Å². The highest BCUT2D eigenvalue weighted by molar-refractivity contribution is 7.89. The maximum atomic E-state index is 13.2. The van der Waals surface area contributed by atoms with Crippen molar-refractivity contribution in [3.05, 3.63) is 59.4 Å². The first-order valence-corrected chi connectivity index (χ1v) is 8.38. The van der Waals surface area contributed by atoms with E-state index in [4.69, 9.17) is 0 Å². The van der Waals surface area contributed by atoms with Crippen molar-refractivity contribution >= 4 is 21.6 Å². The standard InChI is InChI=1S/C16H17FN2O3S/c1-11-9-13(3-8-16(11)17)10-18-23(21,22)15-6-4-14(5-7-15)19-12(2)20/h3-9,18H,10H2,1-2H3,(H,19,20). The lowest BCUT2D eigenvalue weighted by molar-refractivity contribution is -0.114. The summed E-state index contributed by atoms with van der Waals surface area (Å²) in [4.78, 5) is 11.0. The van der Waals surface area contributed by atoms with Gasteiger partial charge in [0.2, 0.25) is 15.9 Å². The lowest BCUT2D eigenvalue weighted by Gasteiger charge is -2.09. The average Bonchev–Trinajstić information content (AvgIpc) is 2.48. The first-order chi connectivity index (χ1) is 10.8. The number of carbonyl (C=O) groups excluding carboxylic acids is 1. The molecule has 0 saturated carbocycles. The lowest BCUT2D eigenvalue weighted by atomic mass is 10.1. The van der Waals surface area contributed by atoms with E-state index < -0.39 is 10.0 Å². The van der Waals surface area contributed by atoms with Crippen LogP contribution in [-0.2, 0) is 21.4 Å². The zero-order valence-electron chi connectivity index (χ0n) is 12.8. The van der Waals surface area contributed by atoms with Gasteiger partial charge < -0.3 is 5.32 Å². The van der Waals surface area contributed by atoms with Crippen molar-refractivity contribution in [3.63, 3.8) is 0 Å². The molecule has 5 nitrogen and oxygen atoms in total. The Kier molecular flexibility index (Phi) is 5.12. The van der Waals surface area contributed by atoms with E-state index in [1.165, 1.54) is 43.3 Å². The molecule has 2 aromatic rings. The number of rotatable bonds is 5. The van der Waals surface area contributed by atoms with Crippen molar-refractivity contribution < 1.29 is 17.6 Å². The Balaban J connectivity index is 2.09. The zero-order valence-corrected chi connectivity index (χ0v) is 13.6. The van der Waals surface area contributed by atoms with Crippen LogP contribution in [0.1, 0.15) is 18.1 Å². The van der Waals surface area contributed by atoms with Crippen LogP contribution in [0.25, 0.3) is 0 Å². The second kappa shape index (κ2) is 6.89. The molecular formula is C16H17FN2O3S. The lowest BCUT2D eigenvalue weighted by Crippen LogP contribution is -2.23. The van der Waals surface area contributed by atoms with Crippen molar-refractivity contribution in [2.24, 2.45) is 0 Å². The monoisotopic (exact) mass is 336 g/mol. The molecule has 0 heterocycles. The molecule has 0 unspecified atom stereocenters. The number of halogens is 1. The van der Waals surface area contributed by atoms with Gasteiger partial charge in [0, 0.05) is 19.2 Å². The Bertz CT molecular complexity index is 818. The van der Waals surface area contributed by atoms with Gasteiger partial charge in [0.1, 0.15) is 5.82 Å². The van der Waals surface area contributed by atoms with E-state index in [2.05, 4.69) is 10.0 Å². The second-order valence-electron chi connectivity index (χ2n) is 5.11. The molecule has 0 aromatic heterocycles. The Labute approximate surface area is 134 Å². The van der Waals surface area contributed by atoms with Gasteiger partial charge in [-0.3, -0.25) is 4.79 Å². The van der Waals surface area contributed by atoms with Crippen molar-refractivity contribution in [1.29, 1.82) is 0 Å². The SMILES string of the molecule is CC(=O)Nc1ccc(S(=O)(=O)NCc2ccc(F)c(C)c2)cc1. The summed E-state index contributed by atoms with van der Waals surface area (Å²) in [5.74, 6) is -0.560. The number of carbonyl (C=O) groups is 1. The number of anilines is 1. The quantitative estimate of drug-likeness (QED) is 0.881.